The maximum atomic E-state index is 13.1. The van der Waals surface area contributed by atoms with Crippen molar-refractivity contribution >= 4 is 11.7 Å². The first kappa shape index (κ1) is 13.3. The molecule has 0 spiro atoms. The molecule has 1 rings (SSSR count). The van der Waals surface area contributed by atoms with Crippen molar-refractivity contribution < 1.29 is 27.1 Å². The Kier molecular flexibility index (Phi) is 3.59. The maximum Gasteiger partial charge on any atom is 0.420 e. The van der Waals surface area contributed by atoms with Crippen LogP contribution < -0.4 is 5.73 Å². The Balaban J connectivity index is 3.46. The van der Waals surface area contributed by atoms with E-state index in [-0.39, 0.29) is 6.61 Å². The molecular formula is C10H9F4NO2. The zero-order valence-electron chi connectivity index (χ0n) is 8.77. The van der Waals surface area contributed by atoms with Gasteiger partial charge in [-0.1, -0.05) is 0 Å². The van der Waals surface area contributed by atoms with Crippen molar-refractivity contribution in [2.75, 3.05) is 12.3 Å². The van der Waals surface area contributed by atoms with E-state index in [2.05, 4.69) is 4.74 Å². The second-order valence-electron chi connectivity index (χ2n) is 3.10. The lowest BCUT2D eigenvalue weighted by Crippen LogP contribution is -2.19. The molecule has 7 heteroatoms. The van der Waals surface area contributed by atoms with Crippen LogP contribution in [0.3, 0.4) is 0 Å². The summed E-state index contributed by atoms with van der Waals surface area (Å²) in [7, 11) is 0. The zero-order chi connectivity index (χ0) is 13.2. The number of benzene rings is 1. The predicted molar refractivity (Wildman–Crippen MR) is 51.8 cm³/mol. The lowest BCUT2D eigenvalue weighted by atomic mass is 10.0. The molecule has 0 unspecified atom stereocenters. The van der Waals surface area contributed by atoms with Gasteiger partial charge in [0.25, 0.3) is 0 Å². The summed E-state index contributed by atoms with van der Waals surface area (Å²) in [5, 5.41) is 0. The molecule has 3 nitrogen and oxygen atoms in total. The van der Waals surface area contributed by atoms with Gasteiger partial charge in [-0.3, -0.25) is 0 Å². The molecule has 0 saturated heterocycles. The molecular weight excluding hydrogens is 242 g/mol. The Morgan fingerprint density at radius 3 is 2.47 bits per heavy atom. The Labute approximate surface area is 94.2 Å². The van der Waals surface area contributed by atoms with Gasteiger partial charge in [-0.25, -0.2) is 9.18 Å². The average Bonchev–Trinajstić information content (AvgIpc) is 2.19. The number of nitrogens with two attached hydrogens (primary N) is 1. The second kappa shape index (κ2) is 4.60. The van der Waals surface area contributed by atoms with E-state index in [0.717, 1.165) is 6.07 Å². The van der Waals surface area contributed by atoms with Crippen LogP contribution in [0.25, 0.3) is 0 Å². The van der Waals surface area contributed by atoms with E-state index in [1.165, 1.54) is 6.92 Å². The van der Waals surface area contributed by atoms with E-state index in [9.17, 15) is 22.4 Å². The molecule has 17 heavy (non-hydrogen) atoms. The number of halogens is 4. The number of anilines is 1. The highest BCUT2D eigenvalue weighted by molar-refractivity contribution is 5.97. The number of nitrogen functional groups attached to an aromatic ring is 1. The SMILES string of the molecule is CCOC(=O)c1c(N)ccc(F)c1C(F)(F)F. The molecule has 0 aliphatic rings. The fraction of sp³-hybridized carbons (Fsp3) is 0.300. The fourth-order valence-corrected chi connectivity index (χ4v) is 1.29. The van der Waals surface area contributed by atoms with Gasteiger partial charge in [0, 0.05) is 5.69 Å². The normalized spacial score (nSPS) is 11.4. The van der Waals surface area contributed by atoms with Crippen LogP contribution in [0.15, 0.2) is 12.1 Å². The van der Waals surface area contributed by atoms with Crippen molar-refractivity contribution in [2.24, 2.45) is 0 Å². The van der Waals surface area contributed by atoms with E-state index in [1.54, 1.807) is 0 Å². The standard InChI is InChI=1S/C10H9F4NO2/c1-2-17-9(16)7-6(15)4-3-5(11)8(7)10(12,13)14/h3-4H,2,15H2,1H3. The highest BCUT2D eigenvalue weighted by Crippen LogP contribution is 2.36. The van der Waals surface area contributed by atoms with Gasteiger partial charge in [-0.2, -0.15) is 13.2 Å². The van der Waals surface area contributed by atoms with Gasteiger partial charge in [0.2, 0.25) is 0 Å². The molecule has 0 aliphatic carbocycles. The lowest BCUT2D eigenvalue weighted by Gasteiger charge is -2.14. The molecule has 0 radical (unpaired) electrons. The molecule has 0 amide bonds. The number of hydrogen-bond donors (Lipinski definition) is 1. The monoisotopic (exact) mass is 251 g/mol. The number of alkyl halides is 3. The molecule has 0 saturated carbocycles. The van der Waals surface area contributed by atoms with Gasteiger partial charge in [0.1, 0.15) is 11.4 Å². The Morgan fingerprint density at radius 1 is 1.41 bits per heavy atom. The quantitative estimate of drug-likeness (QED) is 0.499. The van der Waals surface area contributed by atoms with Gasteiger partial charge in [-0.15, -0.1) is 0 Å². The van der Waals surface area contributed by atoms with Crippen LogP contribution in [0.1, 0.15) is 22.8 Å². The summed E-state index contributed by atoms with van der Waals surface area (Å²) in [6, 6.07) is 1.44. The zero-order valence-corrected chi connectivity index (χ0v) is 8.77. The number of ether oxygens (including phenoxy) is 1. The third-order valence-electron chi connectivity index (χ3n) is 1.95. The summed E-state index contributed by atoms with van der Waals surface area (Å²) in [6.07, 6.45) is -5.01. The molecule has 0 aromatic heterocycles. The summed E-state index contributed by atoms with van der Waals surface area (Å²) in [6.45, 7) is 1.28. The summed E-state index contributed by atoms with van der Waals surface area (Å²) in [4.78, 5) is 11.3. The summed E-state index contributed by atoms with van der Waals surface area (Å²) in [5.41, 5.74) is 2.09. The van der Waals surface area contributed by atoms with Crippen LogP contribution in [0.2, 0.25) is 0 Å². The van der Waals surface area contributed by atoms with Crippen LogP contribution in [0.5, 0.6) is 0 Å². The lowest BCUT2D eigenvalue weighted by molar-refractivity contribution is -0.140. The van der Waals surface area contributed by atoms with Crippen molar-refractivity contribution in [1.82, 2.24) is 0 Å². The van der Waals surface area contributed by atoms with E-state index in [0.29, 0.717) is 6.07 Å². The van der Waals surface area contributed by atoms with Gasteiger partial charge >= 0.3 is 12.1 Å². The Bertz CT molecular complexity index is 443. The maximum absolute atomic E-state index is 13.1. The average molecular weight is 251 g/mol. The van der Waals surface area contributed by atoms with Gasteiger partial charge < -0.3 is 10.5 Å². The molecule has 2 N–H and O–H groups in total. The molecule has 1 aromatic rings. The number of hydrogen-bond acceptors (Lipinski definition) is 3. The van der Waals surface area contributed by atoms with Crippen molar-refractivity contribution in [2.45, 2.75) is 13.1 Å². The van der Waals surface area contributed by atoms with Crippen molar-refractivity contribution in [3.05, 3.63) is 29.1 Å². The number of carbonyl (C=O) groups is 1. The smallest absolute Gasteiger partial charge is 0.420 e. The Hall–Kier alpha value is -1.79. The molecule has 0 fully saturated rings. The topological polar surface area (TPSA) is 52.3 Å². The first-order valence-corrected chi connectivity index (χ1v) is 4.61. The minimum atomic E-state index is -5.01. The van der Waals surface area contributed by atoms with E-state index in [4.69, 9.17) is 5.73 Å². The molecule has 0 aliphatic heterocycles. The summed E-state index contributed by atoms with van der Waals surface area (Å²) in [5.74, 6) is -2.86. The van der Waals surface area contributed by atoms with Crippen LogP contribution in [-0.4, -0.2) is 12.6 Å². The van der Waals surface area contributed by atoms with Crippen molar-refractivity contribution in [3.8, 4) is 0 Å². The minimum absolute atomic E-state index is 0.133. The van der Waals surface area contributed by atoms with Crippen LogP contribution in [0.4, 0.5) is 23.2 Å². The van der Waals surface area contributed by atoms with Crippen LogP contribution in [-0.2, 0) is 10.9 Å². The molecule has 0 atom stereocenters. The van der Waals surface area contributed by atoms with Crippen molar-refractivity contribution in [3.63, 3.8) is 0 Å². The Morgan fingerprint density at radius 2 is 2.00 bits per heavy atom. The van der Waals surface area contributed by atoms with Gasteiger partial charge in [0.05, 0.1) is 12.2 Å². The predicted octanol–water partition coefficient (Wildman–Crippen LogP) is 2.60. The van der Waals surface area contributed by atoms with E-state index < -0.39 is 34.8 Å². The highest BCUT2D eigenvalue weighted by atomic mass is 19.4. The van der Waals surface area contributed by atoms with Crippen molar-refractivity contribution in [1.29, 1.82) is 0 Å². The summed E-state index contributed by atoms with van der Waals surface area (Å²) >= 11 is 0. The fourth-order valence-electron chi connectivity index (χ4n) is 1.29. The van der Waals surface area contributed by atoms with Gasteiger partial charge in [-0.05, 0) is 19.1 Å². The molecule has 94 valence electrons. The van der Waals surface area contributed by atoms with Crippen LogP contribution >= 0.6 is 0 Å². The third kappa shape index (κ3) is 2.66. The third-order valence-corrected chi connectivity index (χ3v) is 1.95. The first-order valence-electron chi connectivity index (χ1n) is 4.61. The minimum Gasteiger partial charge on any atom is -0.462 e. The number of esters is 1. The number of carbonyl (C=O) groups excluding carboxylic acids is 1. The molecule has 0 bridgehead atoms. The summed E-state index contributed by atoms with van der Waals surface area (Å²) < 4.78 is 55.3. The highest BCUT2D eigenvalue weighted by Gasteiger charge is 2.40. The van der Waals surface area contributed by atoms with E-state index in [1.807, 2.05) is 0 Å². The van der Waals surface area contributed by atoms with E-state index >= 15 is 0 Å². The number of rotatable bonds is 2. The van der Waals surface area contributed by atoms with Crippen LogP contribution in [0, 0.1) is 5.82 Å². The largest absolute Gasteiger partial charge is 0.462 e. The molecule has 1 aromatic carbocycles. The first-order chi connectivity index (χ1) is 7.79. The second-order valence-corrected chi connectivity index (χ2v) is 3.10. The molecule has 0 heterocycles. The van der Waals surface area contributed by atoms with Gasteiger partial charge in [0.15, 0.2) is 0 Å².